The second-order valence-electron chi connectivity index (χ2n) is 7.88. The molecule has 0 aromatic carbocycles. The molecule has 146 valence electrons. The van der Waals surface area contributed by atoms with Crippen molar-refractivity contribution in [3.63, 3.8) is 0 Å². The molecule has 0 aromatic heterocycles. The largest absolute Gasteiger partial charge is 0.438 e. The number of carbonyl (C=O) groups excluding carboxylic acids is 1. The van der Waals surface area contributed by atoms with Crippen molar-refractivity contribution < 1.29 is 35.9 Å². The Labute approximate surface area is 148 Å². The zero-order chi connectivity index (χ0) is 19.3. The highest BCUT2D eigenvalue weighted by Gasteiger charge is 2.74. The van der Waals surface area contributed by atoms with Crippen molar-refractivity contribution in [3.8, 4) is 0 Å². The number of rotatable bonds is 3. The Bertz CT molecular complexity index is 484. The lowest BCUT2D eigenvalue weighted by Gasteiger charge is -2.47. The molecule has 0 heterocycles. The smallest absolute Gasteiger partial charge is 0.438 e. The summed E-state index contributed by atoms with van der Waals surface area (Å²) in [7, 11) is 0. The summed E-state index contributed by atoms with van der Waals surface area (Å²) in [6.45, 7) is 3.49. The van der Waals surface area contributed by atoms with Gasteiger partial charge in [-0.25, -0.2) is 0 Å². The molecule has 0 amide bonds. The SMILES string of the molecule is CC1CC2CC(C1)CC(C)(C(=O)OC(CS)(C(F)(F)F)C(F)(F)F)C2. The number of fused-ring (bicyclic) bond motifs is 2. The molecule has 2 rings (SSSR count). The van der Waals surface area contributed by atoms with E-state index in [1.54, 1.807) is 0 Å². The fraction of sp³-hybridized carbons (Fsp3) is 0.938. The third kappa shape index (κ3) is 3.76. The van der Waals surface area contributed by atoms with Gasteiger partial charge in [0.25, 0.3) is 0 Å². The second-order valence-corrected chi connectivity index (χ2v) is 8.20. The van der Waals surface area contributed by atoms with Gasteiger partial charge in [-0.05, 0) is 56.8 Å². The van der Waals surface area contributed by atoms with Crippen LogP contribution in [0.25, 0.3) is 0 Å². The van der Waals surface area contributed by atoms with Gasteiger partial charge in [-0.1, -0.05) is 6.92 Å². The van der Waals surface area contributed by atoms with Crippen LogP contribution in [0.4, 0.5) is 26.3 Å². The Morgan fingerprint density at radius 2 is 1.48 bits per heavy atom. The number of thiol groups is 1. The monoisotopic (exact) mass is 392 g/mol. The van der Waals surface area contributed by atoms with E-state index in [0.29, 0.717) is 5.92 Å². The molecule has 2 atom stereocenters. The van der Waals surface area contributed by atoms with Crippen LogP contribution >= 0.6 is 12.6 Å². The van der Waals surface area contributed by atoms with Crippen molar-refractivity contribution in [2.45, 2.75) is 63.9 Å². The lowest BCUT2D eigenvalue weighted by molar-refractivity contribution is -0.362. The molecule has 0 radical (unpaired) electrons. The highest BCUT2D eigenvalue weighted by atomic mass is 32.1. The molecule has 2 nitrogen and oxygen atoms in total. The van der Waals surface area contributed by atoms with Crippen molar-refractivity contribution in [2.24, 2.45) is 23.2 Å². The van der Waals surface area contributed by atoms with Gasteiger partial charge in [0.2, 0.25) is 0 Å². The van der Waals surface area contributed by atoms with Crippen LogP contribution in [0.15, 0.2) is 0 Å². The molecule has 2 aliphatic rings. The van der Waals surface area contributed by atoms with Crippen LogP contribution in [-0.2, 0) is 9.53 Å². The number of hydrogen-bond acceptors (Lipinski definition) is 3. The third-order valence-electron chi connectivity index (χ3n) is 5.51. The first-order valence-electron chi connectivity index (χ1n) is 8.22. The van der Waals surface area contributed by atoms with Crippen molar-refractivity contribution in [1.29, 1.82) is 0 Å². The first kappa shape index (κ1) is 20.7. The van der Waals surface area contributed by atoms with Crippen LogP contribution < -0.4 is 0 Å². The maximum Gasteiger partial charge on any atom is 0.438 e. The lowest BCUT2D eigenvalue weighted by atomic mass is 9.59. The molecule has 2 saturated carbocycles. The predicted molar refractivity (Wildman–Crippen MR) is 82.1 cm³/mol. The average molecular weight is 392 g/mol. The number of hydrogen-bond donors (Lipinski definition) is 1. The van der Waals surface area contributed by atoms with Crippen molar-refractivity contribution in [2.75, 3.05) is 5.75 Å². The predicted octanol–water partition coefficient (Wildman–Crippen LogP) is 5.18. The lowest BCUT2D eigenvalue weighted by Crippen LogP contribution is -2.62. The average Bonchev–Trinajstić information content (AvgIpc) is 2.39. The van der Waals surface area contributed by atoms with E-state index in [-0.39, 0.29) is 24.7 Å². The molecular formula is C16H22F6O2S. The first-order chi connectivity index (χ1) is 11.2. The van der Waals surface area contributed by atoms with E-state index < -0.39 is 35.1 Å². The Balaban J connectivity index is 2.27. The Hall–Kier alpha value is -0.600. The van der Waals surface area contributed by atoms with Gasteiger partial charge in [0, 0.05) is 5.75 Å². The molecule has 0 spiro atoms. The minimum absolute atomic E-state index is 0.127. The molecule has 2 bridgehead atoms. The highest BCUT2D eigenvalue weighted by molar-refractivity contribution is 7.80. The van der Waals surface area contributed by atoms with E-state index in [2.05, 4.69) is 24.3 Å². The molecule has 0 aliphatic heterocycles. The van der Waals surface area contributed by atoms with Crippen molar-refractivity contribution in [1.82, 2.24) is 0 Å². The number of alkyl halides is 6. The van der Waals surface area contributed by atoms with Gasteiger partial charge in [0.1, 0.15) is 0 Å². The summed E-state index contributed by atoms with van der Waals surface area (Å²) in [6, 6.07) is 0. The van der Waals surface area contributed by atoms with Gasteiger partial charge in [-0.15, -0.1) is 0 Å². The summed E-state index contributed by atoms with van der Waals surface area (Å²) in [5.41, 5.74) is -5.92. The van der Waals surface area contributed by atoms with E-state index >= 15 is 0 Å². The maximum atomic E-state index is 13.2. The van der Waals surface area contributed by atoms with Gasteiger partial charge in [-0.3, -0.25) is 4.79 Å². The number of esters is 1. The highest BCUT2D eigenvalue weighted by Crippen LogP contribution is 2.53. The quantitative estimate of drug-likeness (QED) is 0.407. The van der Waals surface area contributed by atoms with Crippen molar-refractivity contribution in [3.05, 3.63) is 0 Å². The minimum Gasteiger partial charge on any atom is -0.438 e. The van der Waals surface area contributed by atoms with Gasteiger partial charge < -0.3 is 4.74 Å². The van der Waals surface area contributed by atoms with E-state index in [1.165, 1.54) is 6.92 Å². The summed E-state index contributed by atoms with van der Waals surface area (Å²) >= 11 is 3.21. The number of carbonyl (C=O) groups is 1. The third-order valence-corrected chi connectivity index (χ3v) is 5.96. The summed E-state index contributed by atoms with van der Waals surface area (Å²) in [5.74, 6) is -2.43. The minimum atomic E-state index is -5.79. The van der Waals surface area contributed by atoms with Crippen LogP contribution in [0.2, 0.25) is 0 Å². The van der Waals surface area contributed by atoms with Crippen LogP contribution in [-0.4, -0.2) is 29.7 Å². The molecule has 0 saturated heterocycles. The molecule has 9 heteroatoms. The second kappa shape index (κ2) is 6.53. The molecule has 25 heavy (non-hydrogen) atoms. The number of halogens is 6. The standard InChI is InChI=1S/C16H22F6O2S/c1-9-3-10-5-11(4-9)7-13(2,6-10)12(23)24-14(8-25,15(17,18)19)16(20,21)22/h9-11,25H,3-8H2,1-2H3. The zero-order valence-corrected chi connectivity index (χ0v) is 14.9. The van der Waals surface area contributed by atoms with Crippen molar-refractivity contribution >= 4 is 18.6 Å². The van der Waals surface area contributed by atoms with E-state index in [9.17, 15) is 31.1 Å². The Morgan fingerprint density at radius 3 is 1.84 bits per heavy atom. The Morgan fingerprint density at radius 1 is 1.04 bits per heavy atom. The summed E-state index contributed by atoms with van der Waals surface area (Å²) in [5, 5.41) is 0. The van der Waals surface area contributed by atoms with E-state index in [0.717, 1.165) is 19.3 Å². The van der Waals surface area contributed by atoms with Gasteiger partial charge in [0.15, 0.2) is 0 Å². The van der Waals surface area contributed by atoms with Gasteiger partial charge in [-0.2, -0.15) is 39.0 Å². The fourth-order valence-corrected chi connectivity index (χ4v) is 4.95. The normalized spacial score (nSPS) is 33.9. The van der Waals surface area contributed by atoms with Gasteiger partial charge >= 0.3 is 23.9 Å². The van der Waals surface area contributed by atoms with E-state index in [4.69, 9.17) is 0 Å². The molecular weight excluding hydrogens is 370 g/mol. The fourth-order valence-electron chi connectivity index (χ4n) is 4.53. The van der Waals surface area contributed by atoms with E-state index in [1.807, 2.05) is 0 Å². The van der Waals surface area contributed by atoms with Crippen LogP contribution in [0.1, 0.15) is 46.0 Å². The van der Waals surface area contributed by atoms with Crippen LogP contribution in [0.3, 0.4) is 0 Å². The summed E-state index contributed by atoms with van der Waals surface area (Å²) in [4.78, 5) is 12.4. The summed E-state index contributed by atoms with van der Waals surface area (Å²) in [6.07, 6.45) is -8.55. The topological polar surface area (TPSA) is 26.3 Å². The van der Waals surface area contributed by atoms with Crippen LogP contribution in [0, 0.1) is 23.2 Å². The zero-order valence-electron chi connectivity index (χ0n) is 14.0. The molecule has 2 fully saturated rings. The molecule has 0 aromatic rings. The van der Waals surface area contributed by atoms with Crippen LogP contribution in [0.5, 0.6) is 0 Å². The maximum absolute atomic E-state index is 13.2. The molecule has 2 aliphatic carbocycles. The van der Waals surface area contributed by atoms with Gasteiger partial charge in [0.05, 0.1) is 5.41 Å². The molecule has 0 N–H and O–H groups in total. The Kier molecular flexibility index (Phi) is 5.41. The molecule has 2 unspecified atom stereocenters. The summed E-state index contributed by atoms with van der Waals surface area (Å²) < 4.78 is 83.1. The first-order valence-corrected chi connectivity index (χ1v) is 8.85. The number of ether oxygens (including phenoxy) is 1.